The smallest absolute Gasteiger partial charge is 0.335 e. The second kappa shape index (κ2) is 5.18. The molecule has 0 bridgehead atoms. The van der Waals surface area contributed by atoms with Crippen molar-refractivity contribution in [1.29, 1.82) is 0 Å². The predicted octanol–water partition coefficient (Wildman–Crippen LogP) is 4.30. The highest BCUT2D eigenvalue weighted by Crippen LogP contribution is 2.33. The molecule has 2 aromatic rings. The van der Waals surface area contributed by atoms with Crippen LogP contribution in [0.3, 0.4) is 0 Å². The highest BCUT2D eigenvalue weighted by atomic mass is 19.3. The highest BCUT2D eigenvalue weighted by molar-refractivity contribution is 5.89. The van der Waals surface area contributed by atoms with Gasteiger partial charge in [0, 0.05) is 5.56 Å². The Morgan fingerprint density at radius 1 is 1.11 bits per heavy atom. The fourth-order valence-electron chi connectivity index (χ4n) is 2.03. The van der Waals surface area contributed by atoms with Gasteiger partial charge in [-0.3, -0.25) is 0 Å². The fourth-order valence-corrected chi connectivity index (χ4v) is 2.03. The number of alkyl halides is 2. The molecule has 2 nitrogen and oxygen atoms in total. The Morgan fingerprint density at radius 3 is 2.37 bits per heavy atom. The van der Waals surface area contributed by atoms with E-state index in [1.54, 1.807) is 31.2 Å². The number of carboxylic acids is 1. The van der Waals surface area contributed by atoms with Gasteiger partial charge in [-0.1, -0.05) is 30.3 Å². The second-order valence-corrected chi connectivity index (χ2v) is 4.22. The number of rotatable bonds is 3. The molecule has 0 aliphatic heterocycles. The molecule has 0 aliphatic carbocycles. The van der Waals surface area contributed by atoms with E-state index >= 15 is 0 Å². The molecule has 4 heteroatoms. The van der Waals surface area contributed by atoms with E-state index < -0.39 is 12.4 Å². The molecule has 2 aromatic carbocycles. The number of aryl methyl sites for hydroxylation is 1. The van der Waals surface area contributed by atoms with E-state index in [9.17, 15) is 13.6 Å². The number of carboxylic acid groups (broad SMARTS) is 1. The van der Waals surface area contributed by atoms with Crippen LogP contribution in [0.15, 0.2) is 42.5 Å². The zero-order valence-corrected chi connectivity index (χ0v) is 10.2. The topological polar surface area (TPSA) is 37.3 Å². The SMILES string of the molecule is Cc1cc(C(=O)O)ccc1-c1ccccc1C(F)F. The fraction of sp³-hybridized carbons (Fsp3) is 0.133. The summed E-state index contributed by atoms with van der Waals surface area (Å²) in [6, 6.07) is 10.7. The van der Waals surface area contributed by atoms with E-state index in [0.717, 1.165) is 0 Å². The van der Waals surface area contributed by atoms with E-state index in [1.807, 2.05) is 0 Å². The molecule has 0 spiro atoms. The van der Waals surface area contributed by atoms with E-state index in [0.29, 0.717) is 16.7 Å². The number of benzene rings is 2. The lowest BCUT2D eigenvalue weighted by atomic mass is 9.95. The monoisotopic (exact) mass is 262 g/mol. The standard InChI is InChI=1S/C15H12F2O2/c1-9-8-10(15(18)19)6-7-11(9)12-4-2-3-5-13(12)14(16)17/h2-8,14H,1H3,(H,18,19). The summed E-state index contributed by atoms with van der Waals surface area (Å²) < 4.78 is 25.9. The Hall–Kier alpha value is -2.23. The van der Waals surface area contributed by atoms with E-state index in [1.165, 1.54) is 18.2 Å². The third-order valence-corrected chi connectivity index (χ3v) is 2.96. The summed E-state index contributed by atoms with van der Waals surface area (Å²) in [5.41, 5.74) is 1.82. The maximum atomic E-state index is 13.0. The summed E-state index contributed by atoms with van der Waals surface area (Å²) in [7, 11) is 0. The summed E-state index contributed by atoms with van der Waals surface area (Å²) >= 11 is 0. The average molecular weight is 262 g/mol. The van der Waals surface area contributed by atoms with Crippen molar-refractivity contribution in [1.82, 2.24) is 0 Å². The molecule has 0 fully saturated rings. The summed E-state index contributed by atoms with van der Waals surface area (Å²) in [6.45, 7) is 1.71. The van der Waals surface area contributed by atoms with Crippen molar-refractivity contribution in [3.63, 3.8) is 0 Å². The summed E-state index contributed by atoms with van der Waals surface area (Å²) in [5, 5.41) is 8.89. The van der Waals surface area contributed by atoms with Crippen molar-refractivity contribution in [3.05, 3.63) is 59.2 Å². The van der Waals surface area contributed by atoms with Crippen LogP contribution in [0.2, 0.25) is 0 Å². The van der Waals surface area contributed by atoms with Crippen molar-refractivity contribution in [2.45, 2.75) is 13.3 Å². The second-order valence-electron chi connectivity index (χ2n) is 4.22. The lowest BCUT2D eigenvalue weighted by molar-refractivity contribution is 0.0696. The van der Waals surface area contributed by atoms with Crippen molar-refractivity contribution >= 4 is 5.97 Å². The summed E-state index contributed by atoms with van der Waals surface area (Å²) in [6.07, 6.45) is -2.56. The van der Waals surface area contributed by atoms with Gasteiger partial charge in [0.05, 0.1) is 5.56 Å². The molecule has 0 heterocycles. The van der Waals surface area contributed by atoms with Gasteiger partial charge in [0.2, 0.25) is 0 Å². The zero-order chi connectivity index (χ0) is 14.0. The Bertz CT molecular complexity index is 621. The van der Waals surface area contributed by atoms with Crippen molar-refractivity contribution in [3.8, 4) is 11.1 Å². The highest BCUT2D eigenvalue weighted by Gasteiger charge is 2.15. The number of aromatic carboxylic acids is 1. The quantitative estimate of drug-likeness (QED) is 0.895. The largest absolute Gasteiger partial charge is 0.478 e. The molecule has 0 saturated heterocycles. The molecular weight excluding hydrogens is 250 g/mol. The van der Waals surface area contributed by atoms with Crippen LogP contribution in [0.1, 0.15) is 27.9 Å². The first-order chi connectivity index (χ1) is 9.00. The van der Waals surface area contributed by atoms with Gasteiger partial charge < -0.3 is 5.11 Å². The molecule has 0 amide bonds. The third kappa shape index (κ3) is 2.62. The molecule has 0 aromatic heterocycles. The van der Waals surface area contributed by atoms with Crippen molar-refractivity contribution < 1.29 is 18.7 Å². The predicted molar refractivity (Wildman–Crippen MR) is 68.5 cm³/mol. The average Bonchev–Trinajstić information content (AvgIpc) is 2.38. The van der Waals surface area contributed by atoms with Crippen LogP contribution in [-0.4, -0.2) is 11.1 Å². The van der Waals surface area contributed by atoms with E-state index in [2.05, 4.69) is 0 Å². The molecule has 1 N–H and O–H groups in total. The summed E-state index contributed by atoms with van der Waals surface area (Å²) in [5.74, 6) is -1.03. The Balaban J connectivity index is 2.57. The van der Waals surface area contributed by atoms with E-state index in [-0.39, 0.29) is 11.1 Å². The number of hydrogen-bond acceptors (Lipinski definition) is 1. The minimum atomic E-state index is -2.56. The van der Waals surface area contributed by atoms with Crippen LogP contribution in [0.4, 0.5) is 8.78 Å². The van der Waals surface area contributed by atoms with Crippen LogP contribution >= 0.6 is 0 Å². The van der Waals surface area contributed by atoms with Crippen LogP contribution in [0, 0.1) is 6.92 Å². The first-order valence-electron chi connectivity index (χ1n) is 5.72. The summed E-state index contributed by atoms with van der Waals surface area (Å²) in [4.78, 5) is 10.9. The van der Waals surface area contributed by atoms with Crippen LogP contribution < -0.4 is 0 Å². The molecule has 98 valence electrons. The van der Waals surface area contributed by atoms with Gasteiger partial charge in [-0.15, -0.1) is 0 Å². The lowest BCUT2D eigenvalue weighted by Crippen LogP contribution is -1.98. The first kappa shape index (κ1) is 13.2. The van der Waals surface area contributed by atoms with Crippen LogP contribution in [0.25, 0.3) is 11.1 Å². The minimum Gasteiger partial charge on any atom is -0.478 e. The van der Waals surface area contributed by atoms with Crippen LogP contribution in [0.5, 0.6) is 0 Å². The molecule has 19 heavy (non-hydrogen) atoms. The van der Waals surface area contributed by atoms with Crippen molar-refractivity contribution in [2.24, 2.45) is 0 Å². The molecular formula is C15H12F2O2. The Kier molecular flexibility index (Phi) is 3.60. The van der Waals surface area contributed by atoms with Gasteiger partial charge in [-0.05, 0) is 35.7 Å². The van der Waals surface area contributed by atoms with Gasteiger partial charge in [-0.2, -0.15) is 0 Å². The van der Waals surface area contributed by atoms with Gasteiger partial charge in [0.1, 0.15) is 0 Å². The molecule has 0 unspecified atom stereocenters. The minimum absolute atomic E-state index is 0.0475. The molecule has 0 aliphatic rings. The maximum absolute atomic E-state index is 13.0. The molecule has 2 rings (SSSR count). The molecule has 0 atom stereocenters. The number of halogens is 2. The van der Waals surface area contributed by atoms with E-state index in [4.69, 9.17) is 5.11 Å². The zero-order valence-electron chi connectivity index (χ0n) is 10.2. The normalized spacial score (nSPS) is 10.7. The number of hydrogen-bond donors (Lipinski definition) is 1. The Morgan fingerprint density at radius 2 is 1.79 bits per heavy atom. The van der Waals surface area contributed by atoms with Gasteiger partial charge in [-0.25, -0.2) is 13.6 Å². The van der Waals surface area contributed by atoms with Gasteiger partial charge >= 0.3 is 5.97 Å². The molecule has 0 radical (unpaired) electrons. The number of carbonyl (C=O) groups is 1. The first-order valence-corrected chi connectivity index (χ1v) is 5.72. The third-order valence-electron chi connectivity index (χ3n) is 2.96. The van der Waals surface area contributed by atoms with Crippen LogP contribution in [-0.2, 0) is 0 Å². The lowest BCUT2D eigenvalue weighted by Gasteiger charge is -2.12. The Labute approximate surface area is 109 Å². The van der Waals surface area contributed by atoms with Gasteiger partial charge in [0.25, 0.3) is 6.43 Å². The molecule has 0 saturated carbocycles. The van der Waals surface area contributed by atoms with Gasteiger partial charge in [0.15, 0.2) is 0 Å². The maximum Gasteiger partial charge on any atom is 0.335 e. The van der Waals surface area contributed by atoms with Crippen molar-refractivity contribution in [2.75, 3.05) is 0 Å².